The lowest BCUT2D eigenvalue weighted by molar-refractivity contribution is 0.0902. The van der Waals surface area contributed by atoms with Crippen LogP contribution in [0.15, 0.2) is 36.5 Å². The Labute approximate surface area is 154 Å². The summed E-state index contributed by atoms with van der Waals surface area (Å²) in [6.45, 7) is 4.60. The Morgan fingerprint density at radius 2 is 2.00 bits per heavy atom. The van der Waals surface area contributed by atoms with E-state index in [9.17, 15) is 4.79 Å². The van der Waals surface area contributed by atoms with Gasteiger partial charge in [0.25, 0.3) is 5.91 Å². The minimum absolute atomic E-state index is 0.167. The van der Waals surface area contributed by atoms with Crippen LogP contribution >= 0.6 is 0 Å². The second-order valence-corrected chi connectivity index (χ2v) is 7.91. The van der Waals surface area contributed by atoms with Gasteiger partial charge in [-0.15, -0.1) is 0 Å². The maximum Gasteiger partial charge on any atom is 0.271 e. The second kappa shape index (κ2) is 6.71. The number of hydrogen-bond donors (Lipinski definition) is 1. The molecule has 1 N–H and O–H groups in total. The van der Waals surface area contributed by atoms with Crippen LogP contribution in [0.4, 0.5) is 0 Å². The van der Waals surface area contributed by atoms with E-state index in [1.165, 1.54) is 12.8 Å². The quantitative estimate of drug-likeness (QED) is 0.824. The first kappa shape index (κ1) is 17.0. The predicted octanol–water partition coefficient (Wildman–Crippen LogP) is 3.81. The summed E-state index contributed by atoms with van der Waals surface area (Å²) in [6.07, 6.45) is 6.43. The fourth-order valence-electron chi connectivity index (χ4n) is 3.07. The zero-order valence-electron chi connectivity index (χ0n) is 15.4. The molecule has 2 heterocycles. The monoisotopic (exact) mass is 351 g/mol. The van der Waals surface area contributed by atoms with Gasteiger partial charge in [0.1, 0.15) is 5.69 Å². The van der Waals surface area contributed by atoms with Crippen LogP contribution in [0.3, 0.4) is 0 Å². The van der Waals surface area contributed by atoms with Gasteiger partial charge < -0.3 is 10.1 Å². The number of amides is 1. The van der Waals surface area contributed by atoms with Gasteiger partial charge in [0.05, 0.1) is 17.8 Å². The summed E-state index contributed by atoms with van der Waals surface area (Å²) < 4.78 is 5.79. The lowest BCUT2D eigenvalue weighted by Gasteiger charge is -2.26. The van der Waals surface area contributed by atoms with Crippen LogP contribution in [0.25, 0.3) is 0 Å². The van der Waals surface area contributed by atoms with E-state index < -0.39 is 5.54 Å². The maximum absolute atomic E-state index is 13.0. The molecule has 2 aliphatic rings. The van der Waals surface area contributed by atoms with Crippen molar-refractivity contribution < 1.29 is 9.53 Å². The molecule has 0 aromatic carbocycles. The van der Waals surface area contributed by atoms with Gasteiger partial charge >= 0.3 is 0 Å². The van der Waals surface area contributed by atoms with Crippen molar-refractivity contribution in [2.45, 2.75) is 51.0 Å². The van der Waals surface area contributed by atoms with Crippen LogP contribution in [0.2, 0.25) is 0 Å². The van der Waals surface area contributed by atoms with Gasteiger partial charge in [-0.3, -0.25) is 9.78 Å². The minimum Gasteiger partial charge on any atom is -0.477 e. The van der Waals surface area contributed by atoms with Crippen LogP contribution in [0.5, 0.6) is 5.88 Å². The molecule has 0 atom stereocenters. The van der Waals surface area contributed by atoms with Crippen LogP contribution in [-0.2, 0) is 5.54 Å². The number of carbonyl (C=O) groups excluding carboxylic acids is 1. The Kier molecular flexibility index (Phi) is 4.39. The Morgan fingerprint density at radius 3 is 2.65 bits per heavy atom. The first-order valence-corrected chi connectivity index (χ1v) is 9.41. The third-order valence-electron chi connectivity index (χ3n) is 5.03. The number of hydrogen-bond acceptors (Lipinski definition) is 4. The normalized spacial score (nSPS) is 17.0. The van der Waals surface area contributed by atoms with Crippen molar-refractivity contribution >= 4 is 5.91 Å². The fourth-order valence-corrected chi connectivity index (χ4v) is 3.07. The van der Waals surface area contributed by atoms with E-state index in [2.05, 4.69) is 15.3 Å². The summed E-state index contributed by atoms with van der Waals surface area (Å²) >= 11 is 0. The largest absolute Gasteiger partial charge is 0.477 e. The molecule has 0 saturated heterocycles. The molecule has 2 aromatic heterocycles. The van der Waals surface area contributed by atoms with Crippen LogP contribution in [0, 0.1) is 5.92 Å². The third-order valence-corrected chi connectivity index (χ3v) is 5.03. The van der Waals surface area contributed by atoms with E-state index >= 15 is 0 Å². The smallest absolute Gasteiger partial charge is 0.271 e. The molecule has 4 rings (SSSR count). The Bertz CT molecular complexity index is 796. The molecule has 0 aliphatic heterocycles. The summed E-state index contributed by atoms with van der Waals surface area (Å²) in [7, 11) is 0. The fraction of sp³-hybridized carbons (Fsp3) is 0.476. The van der Waals surface area contributed by atoms with Gasteiger partial charge in [0, 0.05) is 12.3 Å². The Morgan fingerprint density at radius 1 is 1.19 bits per heavy atom. The molecule has 2 fully saturated rings. The maximum atomic E-state index is 13.0. The number of nitrogens with one attached hydrogen (secondary N) is 1. The summed E-state index contributed by atoms with van der Waals surface area (Å²) in [4.78, 5) is 22.0. The molecule has 0 spiro atoms. The molecule has 2 aliphatic carbocycles. The van der Waals surface area contributed by atoms with Crippen molar-refractivity contribution in [1.29, 1.82) is 0 Å². The molecule has 0 radical (unpaired) electrons. The molecule has 2 aromatic rings. The van der Waals surface area contributed by atoms with E-state index in [0.717, 1.165) is 24.1 Å². The first-order chi connectivity index (χ1) is 12.5. The van der Waals surface area contributed by atoms with E-state index in [4.69, 9.17) is 4.74 Å². The molecule has 2 saturated carbocycles. The molecule has 26 heavy (non-hydrogen) atoms. The predicted molar refractivity (Wildman–Crippen MR) is 99.2 cm³/mol. The van der Waals surface area contributed by atoms with E-state index in [0.29, 0.717) is 30.0 Å². The molecule has 0 bridgehead atoms. The zero-order valence-corrected chi connectivity index (χ0v) is 15.4. The van der Waals surface area contributed by atoms with Gasteiger partial charge in [0.2, 0.25) is 5.88 Å². The van der Waals surface area contributed by atoms with Gasteiger partial charge in [-0.2, -0.15) is 0 Å². The lowest BCUT2D eigenvalue weighted by atomic mass is 9.99. The van der Waals surface area contributed by atoms with Crippen molar-refractivity contribution in [2.24, 2.45) is 5.92 Å². The van der Waals surface area contributed by atoms with Crippen LogP contribution in [-0.4, -0.2) is 22.5 Å². The number of nitrogens with zero attached hydrogens (tertiary/aromatic N) is 2. The van der Waals surface area contributed by atoms with Gasteiger partial charge in [-0.05, 0) is 69.1 Å². The molecule has 0 unspecified atom stereocenters. The summed E-state index contributed by atoms with van der Waals surface area (Å²) in [5, 5.41) is 3.10. The van der Waals surface area contributed by atoms with Crippen molar-refractivity contribution in [3.05, 3.63) is 53.5 Å². The zero-order chi connectivity index (χ0) is 18.1. The second-order valence-electron chi connectivity index (χ2n) is 7.91. The average molecular weight is 351 g/mol. The van der Waals surface area contributed by atoms with Crippen molar-refractivity contribution in [3.8, 4) is 5.88 Å². The number of carbonyl (C=O) groups is 1. The highest BCUT2D eigenvalue weighted by Gasteiger charge is 2.32. The Balaban J connectivity index is 1.55. The topological polar surface area (TPSA) is 64.1 Å². The first-order valence-electron chi connectivity index (χ1n) is 9.41. The standard InChI is InChI=1S/C21H25N3O2/c1-21(2,17-5-3-4-12-22-17)24-20(25)19-16(15-8-9-15)10-11-18(23-19)26-13-14-6-7-14/h3-5,10-12,14-15H,6-9,13H2,1-2H3,(H,24,25). The highest BCUT2D eigenvalue weighted by Crippen LogP contribution is 2.42. The molecular formula is C21H25N3O2. The van der Waals surface area contributed by atoms with Gasteiger partial charge in [-0.25, -0.2) is 4.98 Å². The number of ether oxygens (including phenoxy) is 1. The van der Waals surface area contributed by atoms with Gasteiger partial charge in [-0.1, -0.05) is 12.1 Å². The SMILES string of the molecule is CC(C)(NC(=O)c1nc(OCC2CC2)ccc1C1CC1)c1ccccn1. The van der Waals surface area contributed by atoms with E-state index in [-0.39, 0.29) is 5.91 Å². The van der Waals surface area contributed by atoms with Crippen molar-refractivity contribution in [2.75, 3.05) is 6.61 Å². The van der Waals surface area contributed by atoms with E-state index in [1.54, 1.807) is 6.20 Å². The molecular weight excluding hydrogens is 326 g/mol. The highest BCUT2D eigenvalue weighted by atomic mass is 16.5. The summed E-state index contributed by atoms with van der Waals surface area (Å²) in [5.41, 5.74) is 1.76. The molecule has 5 nitrogen and oxygen atoms in total. The molecule has 1 amide bonds. The molecule has 136 valence electrons. The number of rotatable bonds is 7. The number of aromatic nitrogens is 2. The minimum atomic E-state index is -0.578. The van der Waals surface area contributed by atoms with Crippen LogP contribution < -0.4 is 10.1 Å². The summed E-state index contributed by atoms with van der Waals surface area (Å²) in [5.74, 6) is 1.47. The third kappa shape index (κ3) is 3.87. The van der Waals surface area contributed by atoms with Crippen molar-refractivity contribution in [3.63, 3.8) is 0 Å². The van der Waals surface area contributed by atoms with E-state index in [1.807, 2.05) is 44.2 Å². The highest BCUT2D eigenvalue weighted by molar-refractivity contribution is 5.94. The molecule has 5 heteroatoms. The average Bonchev–Trinajstić information content (AvgIpc) is 3.54. The summed E-state index contributed by atoms with van der Waals surface area (Å²) in [6, 6.07) is 9.63. The van der Waals surface area contributed by atoms with Crippen LogP contribution in [0.1, 0.15) is 67.2 Å². The Hall–Kier alpha value is -2.43. The lowest BCUT2D eigenvalue weighted by Crippen LogP contribution is -2.42. The van der Waals surface area contributed by atoms with Gasteiger partial charge in [0.15, 0.2) is 0 Å². The number of pyridine rings is 2. The van der Waals surface area contributed by atoms with Crippen molar-refractivity contribution in [1.82, 2.24) is 15.3 Å².